The molecule has 0 aliphatic carbocycles. The number of benzene rings is 1. The summed E-state index contributed by atoms with van der Waals surface area (Å²) in [5, 5.41) is 17.0. The van der Waals surface area contributed by atoms with E-state index in [1.165, 1.54) is 11.3 Å². The Morgan fingerprint density at radius 2 is 2.29 bits per heavy atom. The predicted octanol–water partition coefficient (Wildman–Crippen LogP) is 3.96. The van der Waals surface area contributed by atoms with E-state index in [4.69, 9.17) is 5.41 Å². The molecule has 5 heteroatoms. The van der Waals surface area contributed by atoms with Crippen LogP contribution in [-0.4, -0.2) is 37.4 Å². The van der Waals surface area contributed by atoms with Crippen LogP contribution in [0.15, 0.2) is 47.4 Å². The van der Waals surface area contributed by atoms with E-state index < -0.39 is 0 Å². The maximum absolute atomic E-state index is 8.22. The van der Waals surface area contributed by atoms with Gasteiger partial charge >= 0.3 is 0 Å². The molecule has 0 amide bonds. The summed E-state index contributed by atoms with van der Waals surface area (Å²) in [7, 11) is 2.17. The average Bonchev–Trinajstić information content (AvgIpc) is 3.25. The van der Waals surface area contributed by atoms with Gasteiger partial charge in [0.1, 0.15) is 5.84 Å². The van der Waals surface area contributed by atoms with Crippen LogP contribution in [0.4, 0.5) is 11.4 Å². The van der Waals surface area contributed by atoms with Crippen LogP contribution < -0.4 is 10.6 Å². The van der Waals surface area contributed by atoms with Gasteiger partial charge in [0.25, 0.3) is 0 Å². The van der Waals surface area contributed by atoms with Crippen molar-refractivity contribution in [3.8, 4) is 0 Å². The minimum absolute atomic E-state index is 0.464. The number of thiophene rings is 1. The van der Waals surface area contributed by atoms with Gasteiger partial charge in [0.15, 0.2) is 0 Å². The average molecular weight is 338 g/mol. The highest BCUT2D eigenvalue weighted by molar-refractivity contribution is 7.12. The maximum atomic E-state index is 8.22. The molecule has 24 heavy (non-hydrogen) atoms. The van der Waals surface area contributed by atoms with E-state index in [0.29, 0.717) is 11.8 Å². The van der Waals surface area contributed by atoms with E-state index in [1.54, 1.807) is 16.9 Å². The van der Waals surface area contributed by atoms with Crippen molar-refractivity contribution in [3.63, 3.8) is 0 Å². The van der Waals surface area contributed by atoms with Gasteiger partial charge < -0.3 is 15.5 Å². The van der Waals surface area contributed by atoms with Crippen molar-refractivity contribution in [2.24, 2.45) is 0 Å². The number of hydrogen-bond donors (Lipinski definition) is 3. The van der Waals surface area contributed by atoms with Gasteiger partial charge in [-0.3, -0.25) is 5.41 Å². The van der Waals surface area contributed by atoms with Gasteiger partial charge in [-0.25, -0.2) is 0 Å². The highest BCUT2D eigenvalue weighted by Crippen LogP contribution is 2.39. The van der Waals surface area contributed by atoms with E-state index in [9.17, 15) is 0 Å². The first-order chi connectivity index (χ1) is 11.7. The Labute approximate surface area is 146 Å². The first-order valence-electron chi connectivity index (χ1n) is 8.35. The van der Waals surface area contributed by atoms with Gasteiger partial charge in [-0.05, 0) is 48.7 Å². The lowest BCUT2D eigenvalue weighted by atomic mass is 9.89. The lowest BCUT2D eigenvalue weighted by Crippen LogP contribution is -2.26. The first-order valence-corrected chi connectivity index (χ1v) is 9.23. The molecule has 1 atom stereocenters. The topological polar surface area (TPSA) is 51.1 Å². The molecule has 1 aromatic carbocycles. The van der Waals surface area contributed by atoms with Gasteiger partial charge in [0.05, 0.1) is 4.88 Å². The molecule has 3 N–H and O–H groups in total. The lowest BCUT2D eigenvalue weighted by Gasteiger charge is -2.25. The van der Waals surface area contributed by atoms with Crippen molar-refractivity contribution in [1.82, 2.24) is 4.90 Å². The fourth-order valence-electron chi connectivity index (χ4n) is 3.47. The zero-order valence-electron chi connectivity index (χ0n) is 13.8. The summed E-state index contributed by atoms with van der Waals surface area (Å²) in [6.07, 6.45) is 3.53. The molecule has 1 aromatic heterocycles. The van der Waals surface area contributed by atoms with Crippen LogP contribution in [0.1, 0.15) is 22.8 Å². The summed E-state index contributed by atoms with van der Waals surface area (Å²) in [6, 6.07) is 10.3. The van der Waals surface area contributed by atoms with E-state index in [0.717, 1.165) is 36.6 Å². The number of amidine groups is 1. The fourth-order valence-corrected chi connectivity index (χ4v) is 4.10. The second kappa shape index (κ2) is 6.42. The van der Waals surface area contributed by atoms with E-state index in [-0.39, 0.29) is 0 Å². The normalized spacial score (nSPS) is 20.2. The Balaban J connectivity index is 1.56. The van der Waals surface area contributed by atoms with Crippen molar-refractivity contribution >= 4 is 28.5 Å². The van der Waals surface area contributed by atoms with Crippen LogP contribution in [0.2, 0.25) is 0 Å². The largest absolute Gasteiger partial charge is 0.384 e. The molecule has 0 spiro atoms. The third kappa shape index (κ3) is 2.97. The molecule has 0 bridgehead atoms. The molecule has 4 rings (SSSR count). The van der Waals surface area contributed by atoms with E-state index in [2.05, 4.69) is 46.9 Å². The fraction of sp³-hybridized carbons (Fsp3) is 0.316. The molecule has 0 saturated heterocycles. The summed E-state index contributed by atoms with van der Waals surface area (Å²) in [4.78, 5) is 3.32. The Morgan fingerprint density at radius 1 is 1.38 bits per heavy atom. The van der Waals surface area contributed by atoms with Crippen LogP contribution in [0.25, 0.3) is 0 Å². The summed E-state index contributed by atoms with van der Waals surface area (Å²) < 4.78 is 0. The highest BCUT2D eigenvalue weighted by atomic mass is 32.1. The Hall–Kier alpha value is -2.11. The Bertz CT molecular complexity index is 779. The SMILES string of the molecule is CN1CC=C(C2CNc3ccc(NC(=N)c4cccs4)cc32)CC1. The minimum Gasteiger partial charge on any atom is -0.384 e. The van der Waals surface area contributed by atoms with E-state index >= 15 is 0 Å². The number of rotatable bonds is 3. The number of nitrogens with one attached hydrogen (secondary N) is 3. The third-order valence-corrected chi connectivity index (χ3v) is 5.74. The number of hydrogen-bond acceptors (Lipinski definition) is 4. The molecule has 124 valence electrons. The van der Waals surface area contributed by atoms with E-state index in [1.807, 2.05) is 17.5 Å². The Kier molecular flexibility index (Phi) is 4.12. The number of likely N-dealkylation sites (N-methyl/N-ethyl adjacent to an activating group) is 1. The molecule has 2 aromatic rings. The van der Waals surface area contributed by atoms with Crippen molar-refractivity contribution < 1.29 is 0 Å². The summed E-state index contributed by atoms with van der Waals surface area (Å²) in [5.74, 6) is 0.928. The molecule has 4 nitrogen and oxygen atoms in total. The summed E-state index contributed by atoms with van der Waals surface area (Å²) >= 11 is 1.59. The van der Waals surface area contributed by atoms with Crippen LogP contribution >= 0.6 is 11.3 Å². The molecule has 0 fully saturated rings. The van der Waals surface area contributed by atoms with Crippen LogP contribution in [0.5, 0.6) is 0 Å². The maximum Gasteiger partial charge on any atom is 0.140 e. The smallest absolute Gasteiger partial charge is 0.140 e. The van der Waals surface area contributed by atoms with Gasteiger partial charge in [0.2, 0.25) is 0 Å². The first kappa shape index (κ1) is 15.4. The molecule has 3 heterocycles. The minimum atomic E-state index is 0.464. The lowest BCUT2D eigenvalue weighted by molar-refractivity contribution is 0.354. The molecular formula is C19H22N4S. The quantitative estimate of drug-likeness (QED) is 0.451. The van der Waals surface area contributed by atoms with Crippen molar-refractivity contribution in [2.75, 3.05) is 37.3 Å². The predicted molar refractivity (Wildman–Crippen MR) is 103 cm³/mol. The third-order valence-electron chi connectivity index (χ3n) is 4.86. The zero-order chi connectivity index (χ0) is 16.5. The molecule has 0 radical (unpaired) electrons. The van der Waals surface area contributed by atoms with Gasteiger partial charge in [-0.15, -0.1) is 11.3 Å². The second-order valence-corrected chi connectivity index (χ2v) is 7.45. The highest BCUT2D eigenvalue weighted by Gasteiger charge is 2.27. The Morgan fingerprint density at radius 3 is 3.04 bits per heavy atom. The number of fused-ring (bicyclic) bond motifs is 1. The second-order valence-electron chi connectivity index (χ2n) is 6.50. The molecule has 0 saturated carbocycles. The monoisotopic (exact) mass is 338 g/mol. The standard InChI is InChI=1S/C19H22N4S/c1-23-8-6-13(7-9-23)16-12-21-17-5-4-14(11-15(16)17)22-19(20)18-3-2-10-24-18/h2-6,10-11,16,21H,7-9,12H2,1H3,(H2,20,22). The van der Waals surface area contributed by atoms with Crippen LogP contribution in [-0.2, 0) is 0 Å². The summed E-state index contributed by atoms with van der Waals surface area (Å²) in [6.45, 7) is 3.16. The number of nitrogens with zero attached hydrogens (tertiary/aromatic N) is 1. The zero-order valence-corrected chi connectivity index (χ0v) is 14.6. The van der Waals surface area contributed by atoms with Crippen LogP contribution in [0.3, 0.4) is 0 Å². The molecule has 2 aliphatic rings. The van der Waals surface area contributed by atoms with Gasteiger partial charge in [-0.2, -0.15) is 0 Å². The molecular weight excluding hydrogens is 316 g/mol. The number of anilines is 2. The molecule has 1 unspecified atom stereocenters. The van der Waals surface area contributed by atoms with Crippen molar-refractivity contribution in [2.45, 2.75) is 12.3 Å². The van der Waals surface area contributed by atoms with Gasteiger partial charge in [-0.1, -0.05) is 17.7 Å². The molecule has 2 aliphatic heterocycles. The van der Waals surface area contributed by atoms with Crippen molar-refractivity contribution in [3.05, 3.63) is 57.8 Å². The summed E-state index contributed by atoms with van der Waals surface area (Å²) in [5.41, 5.74) is 5.13. The van der Waals surface area contributed by atoms with Crippen LogP contribution in [0, 0.1) is 5.41 Å². The van der Waals surface area contributed by atoms with Crippen molar-refractivity contribution in [1.29, 1.82) is 5.41 Å². The van der Waals surface area contributed by atoms with Gasteiger partial charge in [0, 0.05) is 36.9 Å².